The average molecular weight is 353 g/mol. The number of aliphatic carboxylic acids is 2. The zero-order valence-corrected chi connectivity index (χ0v) is 16.3. The summed E-state index contributed by atoms with van der Waals surface area (Å²) in [5.41, 5.74) is 0. The molecule has 0 saturated carbocycles. The van der Waals surface area contributed by atoms with Crippen LogP contribution < -0.4 is 40.0 Å². The van der Waals surface area contributed by atoms with Crippen LogP contribution in [-0.4, -0.2) is 71.9 Å². The van der Waals surface area contributed by atoms with Crippen LogP contribution >= 0.6 is 0 Å². The third-order valence-corrected chi connectivity index (χ3v) is 3.48. The quantitative estimate of drug-likeness (QED) is 0.125. The maximum Gasteiger partial charge on any atom is 1.00 e. The molecular formula is C15H26N2NaO6+. The molecule has 0 heterocycles. The van der Waals surface area contributed by atoms with E-state index in [0.717, 1.165) is 19.3 Å². The molecule has 0 fully saturated rings. The van der Waals surface area contributed by atoms with Crippen LogP contribution in [0.25, 0.3) is 0 Å². The molecule has 0 saturated heterocycles. The molecule has 8 nitrogen and oxygen atoms in total. The molecule has 0 aliphatic heterocycles. The number of carboxylic acid groups (broad SMARTS) is 2. The van der Waals surface area contributed by atoms with Gasteiger partial charge in [0.15, 0.2) is 6.54 Å². The molecule has 3 N–H and O–H groups in total. The Hall–Kier alpha value is -0.930. The van der Waals surface area contributed by atoms with E-state index in [1.807, 2.05) is 0 Å². The second-order valence-corrected chi connectivity index (χ2v) is 5.48. The molecule has 0 aliphatic carbocycles. The summed E-state index contributed by atoms with van der Waals surface area (Å²) < 4.78 is -0.370. The van der Waals surface area contributed by atoms with Crippen molar-refractivity contribution in [3.05, 3.63) is 12.7 Å². The number of nitrogens with zero attached hydrogens (tertiary/aromatic N) is 1. The minimum absolute atomic E-state index is 0. The number of rotatable bonds is 14. The van der Waals surface area contributed by atoms with Gasteiger partial charge in [0.2, 0.25) is 5.91 Å². The third kappa shape index (κ3) is 12.5. The minimum atomic E-state index is -1.39. The number of amides is 1. The third-order valence-electron chi connectivity index (χ3n) is 3.48. The van der Waals surface area contributed by atoms with Gasteiger partial charge in [0.05, 0.1) is 25.7 Å². The van der Waals surface area contributed by atoms with Crippen LogP contribution in [-0.2, 0) is 14.4 Å². The zero-order valence-electron chi connectivity index (χ0n) is 14.3. The number of aliphatic hydroxyl groups excluding tert-OH is 1. The largest absolute Gasteiger partial charge is 1.00 e. The Labute approximate surface area is 164 Å². The van der Waals surface area contributed by atoms with Gasteiger partial charge in [-0.15, -0.1) is 6.58 Å². The van der Waals surface area contributed by atoms with Crippen LogP contribution in [0.1, 0.15) is 25.7 Å². The van der Waals surface area contributed by atoms with E-state index in [1.54, 1.807) is 6.08 Å². The van der Waals surface area contributed by atoms with E-state index in [1.165, 1.54) is 0 Å². The van der Waals surface area contributed by atoms with Crippen LogP contribution in [0.4, 0.5) is 0 Å². The summed E-state index contributed by atoms with van der Waals surface area (Å²) in [4.78, 5) is 33.5. The van der Waals surface area contributed by atoms with Gasteiger partial charge in [-0.05, 0) is 19.3 Å². The number of allylic oxidation sites excluding steroid dienone is 1. The van der Waals surface area contributed by atoms with E-state index >= 15 is 0 Å². The standard InChI is InChI=1S/C15H26N2O6.Na/c1-2-3-4-5-6-13(19)16-7-8-17(9-10-18,11-14(20)21)12-15(22)23;/h2,18H,1,3-12H2,(H2-,16,19,20,21,22,23);/q;+1. The van der Waals surface area contributed by atoms with Gasteiger partial charge in [0, 0.05) is 6.42 Å². The van der Waals surface area contributed by atoms with Crippen LogP contribution in [0.5, 0.6) is 0 Å². The van der Waals surface area contributed by atoms with Crippen molar-refractivity contribution < 1.29 is 63.7 Å². The maximum absolute atomic E-state index is 11.7. The van der Waals surface area contributed by atoms with Crippen LogP contribution in [0.15, 0.2) is 12.7 Å². The van der Waals surface area contributed by atoms with Crippen molar-refractivity contribution in [2.75, 3.05) is 39.3 Å². The number of quaternary nitrogens is 1. The van der Waals surface area contributed by atoms with Gasteiger partial charge in [-0.25, -0.2) is 4.79 Å². The molecule has 0 rings (SSSR count). The molecule has 0 spiro atoms. The SMILES string of the molecule is C=CCCCCC(=O)NCC[N+](CCO)(CC(=O)[O-])CC(=O)O.[Na+]. The molecule has 0 aromatic rings. The first-order valence-corrected chi connectivity index (χ1v) is 7.60. The second kappa shape index (κ2) is 14.4. The Morgan fingerprint density at radius 1 is 1.17 bits per heavy atom. The number of carbonyl (C=O) groups excluding carboxylic acids is 2. The summed E-state index contributed by atoms with van der Waals surface area (Å²) in [7, 11) is 0. The summed E-state index contributed by atoms with van der Waals surface area (Å²) in [5, 5.41) is 31.6. The van der Waals surface area contributed by atoms with E-state index in [2.05, 4.69) is 11.9 Å². The van der Waals surface area contributed by atoms with Crippen molar-refractivity contribution in [2.45, 2.75) is 25.7 Å². The smallest absolute Gasteiger partial charge is 0.544 e. The molecule has 1 amide bonds. The Bertz CT molecular complexity index is 401. The summed E-state index contributed by atoms with van der Waals surface area (Å²) in [6, 6.07) is 0. The minimum Gasteiger partial charge on any atom is -0.544 e. The normalized spacial score (nSPS) is 12.5. The van der Waals surface area contributed by atoms with Crippen molar-refractivity contribution in [1.29, 1.82) is 0 Å². The summed E-state index contributed by atoms with van der Waals surface area (Å²) in [6.45, 7) is 2.47. The van der Waals surface area contributed by atoms with Crippen molar-refractivity contribution in [2.24, 2.45) is 0 Å². The van der Waals surface area contributed by atoms with E-state index in [4.69, 9.17) is 10.2 Å². The zero-order chi connectivity index (χ0) is 17.7. The predicted molar refractivity (Wildman–Crippen MR) is 81.1 cm³/mol. The van der Waals surface area contributed by atoms with Gasteiger partial charge >= 0.3 is 35.5 Å². The second-order valence-electron chi connectivity index (χ2n) is 5.48. The van der Waals surface area contributed by atoms with Gasteiger partial charge in [0.1, 0.15) is 13.1 Å². The van der Waals surface area contributed by atoms with Gasteiger partial charge in [-0.1, -0.05) is 6.08 Å². The Balaban J connectivity index is 0. The van der Waals surface area contributed by atoms with Gasteiger partial charge in [0.25, 0.3) is 0 Å². The Morgan fingerprint density at radius 3 is 2.33 bits per heavy atom. The number of carbonyl (C=O) groups is 3. The van der Waals surface area contributed by atoms with E-state index in [-0.39, 0.29) is 66.2 Å². The summed E-state index contributed by atoms with van der Waals surface area (Å²) in [5.74, 6) is -2.73. The molecule has 0 aromatic heterocycles. The molecule has 0 aliphatic rings. The molecule has 24 heavy (non-hydrogen) atoms. The Kier molecular flexibility index (Phi) is 15.2. The molecule has 9 heteroatoms. The van der Waals surface area contributed by atoms with Crippen molar-refractivity contribution in [1.82, 2.24) is 5.32 Å². The van der Waals surface area contributed by atoms with Gasteiger partial charge in [-0.2, -0.15) is 0 Å². The van der Waals surface area contributed by atoms with Crippen molar-refractivity contribution >= 4 is 17.8 Å². The van der Waals surface area contributed by atoms with Crippen LogP contribution in [0, 0.1) is 0 Å². The average Bonchev–Trinajstić information content (AvgIpc) is 2.42. The van der Waals surface area contributed by atoms with Crippen molar-refractivity contribution in [3.63, 3.8) is 0 Å². The number of nitrogens with one attached hydrogen (secondary N) is 1. The maximum atomic E-state index is 11.7. The first-order valence-electron chi connectivity index (χ1n) is 7.60. The number of carboxylic acids is 2. The van der Waals surface area contributed by atoms with E-state index in [9.17, 15) is 19.5 Å². The molecule has 1 unspecified atom stereocenters. The van der Waals surface area contributed by atoms with Crippen molar-refractivity contribution in [3.8, 4) is 0 Å². The summed E-state index contributed by atoms with van der Waals surface area (Å²) in [6.07, 6.45) is 4.57. The van der Waals surface area contributed by atoms with E-state index in [0.29, 0.717) is 6.42 Å². The van der Waals surface area contributed by atoms with Crippen LogP contribution in [0.2, 0.25) is 0 Å². The fourth-order valence-electron chi connectivity index (χ4n) is 2.35. The molecule has 1 atom stereocenters. The molecular weight excluding hydrogens is 327 g/mol. The fourth-order valence-corrected chi connectivity index (χ4v) is 2.35. The first kappa shape index (κ1) is 25.3. The number of aliphatic hydroxyl groups is 1. The number of hydrogen-bond donors (Lipinski definition) is 3. The number of hydrogen-bond acceptors (Lipinski definition) is 5. The van der Waals surface area contributed by atoms with Crippen LogP contribution in [0.3, 0.4) is 0 Å². The van der Waals surface area contributed by atoms with Gasteiger partial charge in [-0.3, -0.25) is 4.79 Å². The predicted octanol–water partition coefficient (Wildman–Crippen LogP) is -4.50. The molecule has 0 aromatic carbocycles. The molecule has 132 valence electrons. The Morgan fingerprint density at radius 2 is 1.83 bits per heavy atom. The van der Waals surface area contributed by atoms with Gasteiger partial charge < -0.3 is 29.9 Å². The topological polar surface area (TPSA) is 127 Å². The fraction of sp³-hybridized carbons (Fsp3) is 0.667. The molecule has 0 bridgehead atoms. The summed E-state index contributed by atoms with van der Waals surface area (Å²) >= 11 is 0. The molecule has 0 radical (unpaired) electrons. The monoisotopic (exact) mass is 353 g/mol. The number of unbranched alkanes of at least 4 members (excludes halogenated alkanes) is 2. The first-order chi connectivity index (χ1) is 10.8. The van der Waals surface area contributed by atoms with E-state index < -0.39 is 25.0 Å².